The van der Waals surface area contributed by atoms with E-state index < -0.39 is 5.41 Å². The van der Waals surface area contributed by atoms with Crippen LogP contribution in [-0.2, 0) is 14.3 Å². The Labute approximate surface area is 177 Å². The van der Waals surface area contributed by atoms with Gasteiger partial charge in [-0.1, -0.05) is 27.6 Å². The maximum Gasteiger partial charge on any atom is 1.00 e. The molecule has 1 heterocycles. The Balaban J connectivity index is 0. The van der Waals surface area contributed by atoms with Gasteiger partial charge in [0.15, 0.2) is 0 Å². The maximum absolute atomic E-state index is 11.6. The van der Waals surface area contributed by atoms with Gasteiger partial charge in [-0.2, -0.15) is 0 Å². The summed E-state index contributed by atoms with van der Waals surface area (Å²) in [4.78, 5) is 11.6. The molecule has 0 aromatic carbocycles. The van der Waals surface area contributed by atoms with Gasteiger partial charge in [0.1, 0.15) is 5.78 Å². The van der Waals surface area contributed by atoms with Gasteiger partial charge < -0.3 is 9.47 Å². The van der Waals surface area contributed by atoms with Crippen LogP contribution in [-0.4, -0.2) is 18.5 Å². The summed E-state index contributed by atoms with van der Waals surface area (Å²) in [6, 6.07) is 0. The zero-order valence-corrected chi connectivity index (χ0v) is 16.7. The molecule has 0 amide bonds. The van der Waals surface area contributed by atoms with Gasteiger partial charge in [0.05, 0.1) is 0 Å². The SMILES string of the molecule is CCC(=O)C(C)(C)C1CCO[CH-]O1.[K+].[K+]. The van der Waals surface area contributed by atoms with E-state index in [9.17, 15) is 4.79 Å². The van der Waals surface area contributed by atoms with E-state index in [-0.39, 0.29) is 115 Å². The van der Waals surface area contributed by atoms with Gasteiger partial charge in [0, 0.05) is 24.5 Å². The summed E-state index contributed by atoms with van der Waals surface area (Å²) in [7, 11) is 0. The Morgan fingerprint density at radius 2 is 2.07 bits per heavy atom. The molecule has 0 aromatic heterocycles. The van der Waals surface area contributed by atoms with E-state index in [4.69, 9.17) is 9.47 Å². The predicted molar refractivity (Wildman–Crippen MR) is 48.8 cm³/mol. The van der Waals surface area contributed by atoms with Crippen molar-refractivity contribution >= 4 is 5.78 Å². The molecule has 5 heteroatoms. The van der Waals surface area contributed by atoms with Gasteiger partial charge >= 0.3 is 103 Å². The van der Waals surface area contributed by atoms with E-state index in [1.54, 1.807) is 0 Å². The maximum atomic E-state index is 11.6. The van der Waals surface area contributed by atoms with Crippen molar-refractivity contribution < 1.29 is 117 Å². The quantitative estimate of drug-likeness (QED) is 0.384. The molecular formula is C10H17K2O3+. The first kappa shape index (κ1) is 20.2. The third-order valence-electron chi connectivity index (χ3n) is 2.63. The summed E-state index contributed by atoms with van der Waals surface area (Å²) in [5.74, 6) is 0.243. The Morgan fingerprint density at radius 3 is 2.47 bits per heavy atom. The van der Waals surface area contributed by atoms with Crippen LogP contribution in [0.3, 0.4) is 0 Å². The predicted octanol–water partition coefficient (Wildman–Crippen LogP) is -4.08. The number of ether oxygens (including phenoxy) is 2. The van der Waals surface area contributed by atoms with Crippen molar-refractivity contribution in [3.8, 4) is 0 Å². The largest absolute Gasteiger partial charge is 1.00 e. The van der Waals surface area contributed by atoms with Gasteiger partial charge in [-0.25, -0.2) is 0 Å². The van der Waals surface area contributed by atoms with Crippen LogP contribution in [0.2, 0.25) is 0 Å². The van der Waals surface area contributed by atoms with E-state index in [0.717, 1.165) is 6.42 Å². The van der Waals surface area contributed by atoms with Crippen LogP contribution in [0.1, 0.15) is 33.6 Å². The number of carbonyl (C=O) groups is 1. The molecule has 1 rings (SSSR count). The van der Waals surface area contributed by atoms with Gasteiger partial charge in [0.25, 0.3) is 0 Å². The smallest absolute Gasteiger partial charge is 0.525 e. The second-order valence-corrected chi connectivity index (χ2v) is 3.88. The van der Waals surface area contributed by atoms with Crippen LogP contribution >= 0.6 is 0 Å². The molecular weight excluding hydrogens is 246 g/mol. The topological polar surface area (TPSA) is 35.5 Å². The second-order valence-electron chi connectivity index (χ2n) is 3.88. The van der Waals surface area contributed by atoms with Crippen molar-refractivity contribution in [3.05, 3.63) is 6.79 Å². The molecule has 1 fully saturated rings. The minimum Gasteiger partial charge on any atom is -0.525 e. The first-order valence-electron chi connectivity index (χ1n) is 4.71. The number of Topliss-reactive ketones (excluding diaryl/α,β-unsaturated/α-hetero) is 1. The van der Waals surface area contributed by atoms with Crippen LogP contribution in [0.25, 0.3) is 0 Å². The fourth-order valence-electron chi connectivity index (χ4n) is 1.56. The van der Waals surface area contributed by atoms with Crippen molar-refractivity contribution in [2.75, 3.05) is 6.61 Å². The number of rotatable bonds is 3. The molecule has 1 aliphatic rings. The molecule has 0 aromatic rings. The molecule has 1 saturated heterocycles. The summed E-state index contributed by atoms with van der Waals surface area (Å²) in [5.41, 5.74) is -0.394. The Hall–Kier alpha value is 2.86. The summed E-state index contributed by atoms with van der Waals surface area (Å²) in [5, 5.41) is 0. The van der Waals surface area contributed by atoms with E-state index >= 15 is 0 Å². The average molecular weight is 263 g/mol. The van der Waals surface area contributed by atoms with Crippen molar-refractivity contribution in [2.24, 2.45) is 5.41 Å². The van der Waals surface area contributed by atoms with E-state index in [2.05, 4.69) is 0 Å². The van der Waals surface area contributed by atoms with Crippen molar-refractivity contribution in [2.45, 2.75) is 39.7 Å². The van der Waals surface area contributed by atoms with E-state index in [0.29, 0.717) is 13.0 Å². The molecule has 0 spiro atoms. The molecule has 0 radical (unpaired) electrons. The first-order valence-corrected chi connectivity index (χ1v) is 4.71. The van der Waals surface area contributed by atoms with Crippen LogP contribution in [0.4, 0.5) is 0 Å². The third-order valence-corrected chi connectivity index (χ3v) is 2.63. The van der Waals surface area contributed by atoms with Crippen LogP contribution in [0.15, 0.2) is 0 Å². The number of carbonyl (C=O) groups excluding carboxylic acids is 1. The normalized spacial score (nSPS) is 21.1. The Kier molecular flexibility index (Phi) is 13.1. The van der Waals surface area contributed by atoms with Gasteiger partial charge in [0.2, 0.25) is 0 Å². The van der Waals surface area contributed by atoms with Crippen molar-refractivity contribution in [1.82, 2.24) is 0 Å². The molecule has 0 N–H and O–H groups in total. The Morgan fingerprint density at radius 1 is 1.47 bits per heavy atom. The molecule has 3 nitrogen and oxygen atoms in total. The molecule has 1 atom stereocenters. The summed E-state index contributed by atoms with van der Waals surface area (Å²) < 4.78 is 10.2. The molecule has 1 aliphatic heterocycles. The van der Waals surface area contributed by atoms with Crippen molar-refractivity contribution in [1.29, 1.82) is 0 Å². The summed E-state index contributed by atoms with van der Waals surface area (Å²) in [6.07, 6.45) is 1.32. The third kappa shape index (κ3) is 6.03. The molecule has 15 heavy (non-hydrogen) atoms. The number of ketones is 1. The zero-order chi connectivity index (χ0) is 9.90. The fraction of sp³-hybridized carbons (Fsp3) is 0.800. The Bertz CT molecular complexity index is 189. The van der Waals surface area contributed by atoms with Crippen LogP contribution in [0, 0.1) is 12.2 Å². The number of hydrogen-bond acceptors (Lipinski definition) is 3. The van der Waals surface area contributed by atoms with Gasteiger partial charge in [-0.3, -0.25) is 4.79 Å². The monoisotopic (exact) mass is 263 g/mol. The van der Waals surface area contributed by atoms with Crippen molar-refractivity contribution in [3.63, 3.8) is 0 Å². The first-order chi connectivity index (χ1) is 6.09. The minimum absolute atomic E-state index is 0. The minimum atomic E-state index is -0.394. The van der Waals surface area contributed by atoms with E-state index in [1.807, 2.05) is 20.8 Å². The number of hydrogen-bond donors (Lipinski definition) is 0. The summed E-state index contributed by atoms with van der Waals surface area (Å²) in [6.45, 7) is 7.74. The van der Waals surface area contributed by atoms with Crippen LogP contribution < -0.4 is 103 Å². The van der Waals surface area contributed by atoms with E-state index in [1.165, 1.54) is 6.79 Å². The second kappa shape index (κ2) is 9.75. The van der Waals surface area contributed by atoms with Gasteiger partial charge in [-0.05, 0) is 6.42 Å². The summed E-state index contributed by atoms with van der Waals surface area (Å²) >= 11 is 0. The van der Waals surface area contributed by atoms with Gasteiger partial charge in [-0.15, -0.1) is 0 Å². The molecule has 0 aliphatic carbocycles. The standard InChI is InChI=1S/C10H17O3.2K/c1-4-8(11)10(2,3)9-5-6-12-7-13-9;;/h7,9H,4-6H2,1-3H3;;/q-1;2*+1. The molecule has 76 valence electrons. The average Bonchev–Trinajstić information content (AvgIpc) is 2.18. The molecule has 0 saturated carbocycles. The molecule has 0 bridgehead atoms. The zero-order valence-electron chi connectivity index (χ0n) is 10.5. The molecule has 1 unspecified atom stereocenters. The fourth-order valence-corrected chi connectivity index (χ4v) is 1.56. The van der Waals surface area contributed by atoms with Crippen LogP contribution in [0.5, 0.6) is 0 Å².